The van der Waals surface area contributed by atoms with Gasteiger partial charge in [-0.25, -0.2) is 0 Å². The Labute approximate surface area is 240 Å². The molecule has 39 heavy (non-hydrogen) atoms. The van der Waals surface area contributed by atoms with Crippen LogP contribution < -0.4 is 5.32 Å². The van der Waals surface area contributed by atoms with Crippen LogP contribution in [0.2, 0.25) is 0 Å². The summed E-state index contributed by atoms with van der Waals surface area (Å²) in [5.74, 6) is -0.192. The maximum atomic E-state index is 12.6. The van der Waals surface area contributed by atoms with Gasteiger partial charge >= 0.3 is 0 Å². The van der Waals surface area contributed by atoms with Gasteiger partial charge in [0.2, 0.25) is 5.91 Å². The van der Waals surface area contributed by atoms with E-state index in [2.05, 4.69) is 12.2 Å². The lowest BCUT2D eigenvalue weighted by atomic mass is 10.0. The van der Waals surface area contributed by atoms with E-state index in [9.17, 15) is 24.1 Å². The monoisotopic (exact) mass is 570 g/mol. The molecule has 0 aromatic carbocycles. The van der Waals surface area contributed by atoms with Gasteiger partial charge < -0.3 is 15.1 Å². The van der Waals surface area contributed by atoms with Crippen molar-refractivity contribution in [3.63, 3.8) is 0 Å². The van der Waals surface area contributed by atoms with E-state index in [0.29, 0.717) is 32.2 Å². The van der Waals surface area contributed by atoms with Crippen molar-refractivity contribution >= 4 is 30.9 Å². The first kappa shape index (κ1) is 37.8. The fourth-order valence-corrected chi connectivity index (χ4v) is 5.72. The Hall–Kier alpha value is -1.17. The summed E-state index contributed by atoms with van der Waals surface area (Å²) < 4.78 is 0. The van der Waals surface area contributed by atoms with Gasteiger partial charge in [0, 0.05) is 38.1 Å². The van der Waals surface area contributed by atoms with E-state index < -0.39 is 25.2 Å². The van der Waals surface area contributed by atoms with Crippen LogP contribution in [-0.4, -0.2) is 59.2 Å². The molecule has 8 heteroatoms. The van der Waals surface area contributed by atoms with Crippen LogP contribution in [0.4, 0.5) is 0 Å². The van der Waals surface area contributed by atoms with Crippen LogP contribution in [0.5, 0.6) is 0 Å². The number of nitrogens with zero attached hydrogens (tertiary/aromatic N) is 1. The molecule has 1 amide bonds. The summed E-state index contributed by atoms with van der Waals surface area (Å²) in [6, 6.07) is -0.664. The van der Waals surface area contributed by atoms with Crippen LogP contribution in [-0.2, 0) is 19.2 Å². The van der Waals surface area contributed by atoms with Gasteiger partial charge in [-0.3, -0.25) is 19.2 Å². The highest BCUT2D eigenvalue weighted by molar-refractivity contribution is 7.84. The third kappa shape index (κ3) is 23.3. The lowest BCUT2D eigenvalue weighted by Crippen LogP contribution is -2.38. The molecule has 0 heterocycles. The molecule has 2 N–H and O–H groups in total. The van der Waals surface area contributed by atoms with Crippen LogP contribution in [0.25, 0.3) is 0 Å². The molecule has 0 aliphatic carbocycles. The summed E-state index contributed by atoms with van der Waals surface area (Å²) >= 11 is 0. The van der Waals surface area contributed by atoms with E-state index in [1.54, 1.807) is 0 Å². The van der Waals surface area contributed by atoms with Gasteiger partial charge in [0.15, 0.2) is 19.2 Å². The summed E-state index contributed by atoms with van der Waals surface area (Å²) in [5, 5.41) is 2.78. The van der Waals surface area contributed by atoms with E-state index >= 15 is 0 Å². The van der Waals surface area contributed by atoms with Crippen molar-refractivity contribution in [2.24, 2.45) is 0 Å². The minimum atomic E-state index is -2.41. The Balaban J connectivity index is 4.25. The molecule has 0 aromatic heterocycles. The van der Waals surface area contributed by atoms with Gasteiger partial charge in [-0.2, -0.15) is 0 Å². The maximum Gasteiger partial charge on any atom is 0.220 e. The molecule has 228 valence electrons. The smallest absolute Gasteiger partial charge is 0.220 e. The normalized spacial score (nSPS) is 12.9. The quantitative estimate of drug-likeness (QED) is 0.0757. The van der Waals surface area contributed by atoms with E-state index in [0.717, 1.165) is 19.3 Å². The van der Waals surface area contributed by atoms with Crippen molar-refractivity contribution in [3.05, 3.63) is 0 Å². The molecule has 0 aliphatic rings. The highest BCUT2D eigenvalue weighted by Gasteiger charge is 2.28. The van der Waals surface area contributed by atoms with E-state index in [1.807, 2.05) is 25.9 Å². The predicted octanol–water partition coefficient (Wildman–Crippen LogP) is 7.28. The van der Waals surface area contributed by atoms with Crippen molar-refractivity contribution in [2.75, 3.05) is 20.6 Å². The Morgan fingerprint density at radius 3 is 1.64 bits per heavy atom. The number of ketones is 1. The molecule has 0 saturated carbocycles. The Bertz CT molecular complexity index is 671. The second-order valence-corrected chi connectivity index (χ2v) is 12.9. The number of nitrogens with one attached hydrogen (secondary N) is 1. The summed E-state index contributed by atoms with van der Waals surface area (Å²) in [5.41, 5.74) is -1.00. The lowest BCUT2D eigenvalue weighted by Gasteiger charge is -2.19. The SMILES string of the molecule is CCCCCCCCCCCCCCCCC(=O)CC(CC(=O)P(O)C(=O)CCCN(C)C)NC(=O)CCC. The molecule has 2 unspecified atom stereocenters. The van der Waals surface area contributed by atoms with Crippen molar-refractivity contribution in [1.82, 2.24) is 10.2 Å². The third-order valence-electron chi connectivity index (χ3n) is 7.01. The number of carbonyl (C=O) groups is 4. The Kier molecular flexibility index (Phi) is 25.0. The highest BCUT2D eigenvalue weighted by Crippen LogP contribution is 2.36. The number of amides is 1. The number of carbonyl (C=O) groups excluding carboxylic acids is 4. The average Bonchev–Trinajstić information content (AvgIpc) is 2.88. The molecule has 0 radical (unpaired) electrons. The second kappa shape index (κ2) is 25.8. The highest BCUT2D eigenvalue weighted by atomic mass is 31.1. The molecule has 0 rings (SSSR count). The molecular weight excluding hydrogens is 511 g/mol. The third-order valence-corrected chi connectivity index (χ3v) is 8.37. The van der Waals surface area contributed by atoms with Crippen molar-refractivity contribution in [3.8, 4) is 0 Å². The van der Waals surface area contributed by atoms with Crippen molar-refractivity contribution < 1.29 is 24.1 Å². The number of Topliss-reactive ketones (excluding diaryl/α,β-unsaturated/α-hetero) is 1. The average molecular weight is 571 g/mol. The fraction of sp³-hybridized carbons (Fsp3) is 0.871. The largest absolute Gasteiger partial charge is 0.360 e. The molecule has 0 aliphatic heterocycles. The van der Waals surface area contributed by atoms with Crippen LogP contribution in [0.3, 0.4) is 0 Å². The van der Waals surface area contributed by atoms with Gasteiger partial charge in [0.05, 0.1) is 0 Å². The molecule has 0 bridgehead atoms. The second-order valence-electron chi connectivity index (χ2n) is 11.3. The van der Waals surface area contributed by atoms with Crippen LogP contribution in [0, 0.1) is 0 Å². The zero-order valence-electron chi connectivity index (χ0n) is 25.6. The zero-order valence-corrected chi connectivity index (χ0v) is 26.5. The molecule has 0 spiro atoms. The summed E-state index contributed by atoms with van der Waals surface area (Å²) in [4.78, 5) is 61.8. The van der Waals surface area contributed by atoms with Gasteiger partial charge in [-0.15, -0.1) is 0 Å². The molecular formula is C31H59N2O5P. The number of rotatable bonds is 28. The minimum Gasteiger partial charge on any atom is -0.360 e. The standard InChI is InChI=1S/C31H59N2O5P/c1-5-7-8-9-10-11-12-13-14-15-16-17-18-19-22-28(34)25-27(32-29(35)21-6-2)26-31(37)39(38)30(36)23-20-24-33(3)4/h27,38H,5-26H2,1-4H3,(H,32,35). The van der Waals surface area contributed by atoms with Gasteiger partial charge in [-0.05, 0) is 39.9 Å². The van der Waals surface area contributed by atoms with Crippen molar-refractivity contribution in [2.45, 2.75) is 155 Å². The lowest BCUT2D eigenvalue weighted by molar-refractivity contribution is -0.123. The van der Waals surface area contributed by atoms with E-state index in [1.165, 1.54) is 70.6 Å². The molecule has 0 fully saturated rings. The van der Waals surface area contributed by atoms with Gasteiger partial charge in [0.1, 0.15) is 5.78 Å². The summed E-state index contributed by atoms with van der Waals surface area (Å²) in [6.45, 7) is 4.84. The number of unbranched alkanes of at least 4 members (excludes halogenated alkanes) is 13. The van der Waals surface area contributed by atoms with Crippen LogP contribution >= 0.6 is 8.15 Å². The molecule has 2 atom stereocenters. The Morgan fingerprint density at radius 2 is 1.15 bits per heavy atom. The van der Waals surface area contributed by atoms with Gasteiger partial charge in [0.25, 0.3) is 0 Å². The predicted molar refractivity (Wildman–Crippen MR) is 163 cm³/mol. The fourth-order valence-electron chi connectivity index (χ4n) is 4.68. The van der Waals surface area contributed by atoms with Crippen LogP contribution in [0.15, 0.2) is 0 Å². The topological polar surface area (TPSA) is 104 Å². The first-order valence-electron chi connectivity index (χ1n) is 15.7. The summed E-state index contributed by atoms with van der Waals surface area (Å²) in [7, 11) is 1.39. The van der Waals surface area contributed by atoms with E-state index in [-0.39, 0.29) is 31.0 Å². The number of hydrogen-bond donors (Lipinski definition) is 2. The minimum absolute atomic E-state index is 0.0168. The molecule has 0 saturated heterocycles. The van der Waals surface area contributed by atoms with Gasteiger partial charge in [-0.1, -0.05) is 97.3 Å². The van der Waals surface area contributed by atoms with Crippen molar-refractivity contribution in [1.29, 1.82) is 0 Å². The molecule has 7 nitrogen and oxygen atoms in total. The first-order chi connectivity index (χ1) is 18.7. The molecule has 0 aromatic rings. The van der Waals surface area contributed by atoms with Crippen LogP contribution in [0.1, 0.15) is 149 Å². The summed E-state index contributed by atoms with van der Waals surface area (Å²) in [6.07, 6.45) is 19.6. The van der Waals surface area contributed by atoms with E-state index in [4.69, 9.17) is 0 Å². The number of hydrogen-bond acceptors (Lipinski definition) is 6. The first-order valence-corrected chi connectivity index (χ1v) is 17.0. The Morgan fingerprint density at radius 1 is 0.641 bits per heavy atom. The maximum absolute atomic E-state index is 12.6. The zero-order chi connectivity index (χ0) is 29.3.